The minimum Gasteiger partial charge on any atom is -0.481 e. The first-order valence-electron chi connectivity index (χ1n) is 7.21. The average Bonchev–Trinajstić information content (AvgIpc) is 3.19. The molecule has 2 fully saturated rings. The van der Waals surface area contributed by atoms with Crippen LogP contribution in [0.4, 0.5) is 0 Å². The number of carbonyl (C=O) groups excluding carboxylic acids is 1. The topological polar surface area (TPSA) is 101 Å². The number of carboxylic acid groups (broad SMARTS) is 1. The van der Waals surface area contributed by atoms with Crippen molar-refractivity contribution in [3.05, 3.63) is 16.3 Å². The molecule has 7 nitrogen and oxygen atoms in total. The number of sulfonamides is 1. The van der Waals surface area contributed by atoms with Crippen molar-refractivity contribution in [2.24, 2.45) is 11.3 Å². The Hall–Kier alpha value is -1.45. The Morgan fingerprint density at radius 1 is 1.48 bits per heavy atom. The summed E-state index contributed by atoms with van der Waals surface area (Å²) in [6, 6.07) is 1.29. The Morgan fingerprint density at radius 2 is 2.22 bits per heavy atom. The zero-order valence-electron chi connectivity index (χ0n) is 12.5. The van der Waals surface area contributed by atoms with Gasteiger partial charge in [0.05, 0.1) is 17.4 Å². The summed E-state index contributed by atoms with van der Waals surface area (Å²) < 4.78 is 31.3. The van der Waals surface area contributed by atoms with Crippen LogP contribution in [0.5, 0.6) is 0 Å². The molecule has 0 bridgehead atoms. The third-order valence-electron chi connectivity index (χ3n) is 4.87. The van der Waals surface area contributed by atoms with Crippen LogP contribution in [0.2, 0.25) is 0 Å². The van der Waals surface area contributed by atoms with Crippen LogP contribution in [0.1, 0.15) is 28.9 Å². The number of fused-ring (bicyclic) bond motifs is 1. The molecule has 1 aromatic heterocycles. The highest BCUT2D eigenvalue weighted by molar-refractivity contribution is 7.89. The fourth-order valence-corrected chi connectivity index (χ4v) is 6.32. The summed E-state index contributed by atoms with van der Waals surface area (Å²) in [4.78, 5) is 23.4. The van der Waals surface area contributed by atoms with Crippen LogP contribution in [0, 0.1) is 11.3 Å². The van der Waals surface area contributed by atoms with Gasteiger partial charge in [0.1, 0.15) is 4.88 Å². The van der Waals surface area contributed by atoms with E-state index in [-0.39, 0.29) is 28.8 Å². The lowest BCUT2D eigenvalue weighted by molar-refractivity contribution is -0.149. The van der Waals surface area contributed by atoms with E-state index in [1.165, 1.54) is 22.9 Å². The lowest BCUT2D eigenvalue weighted by Gasteiger charge is -2.23. The molecule has 1 saturated carbocycles. The van der Waals surface area contributed by atoms with Crippen LogP contribution in [0.3, 0.4) is 0 Å². The lowest BCUT2D eigenvalue weighted by atomic mass is 9.81. The highest BCUT2D eigenvalue weighted by atomic mass is 32.2. The molecule has 1 saturated heterocycles. The van der Waals surface area contributed by atoms with Gasteiger partial charge in [-0.3, -0.25) is 4.79 Å². The third kappa shape index (κ3) is 2.47. The van der Waals surface area contributed by atoms with E-state index < -0.39 is 27.4 Å². The van der Waals surface area contributed by atoms with Crippen LogP contribution >= 0.6 is 11.3 Å². The van der Waals surface area contributed by atoms with Gasteiger partial charge in [-0.15, -0.1) is 11.3 Å². The van der Waals surface area contributed by atoms with Crippen molar-refractivity contribution in [2.75, 3.05) is 20.2 Å². The third-order valence-corrected chi connectivity index (χ3v) is 7.71. The molecule has 126 valence electrons. The molecule has 1 aromatic rings. The van der Waals surface area contributed by atoms with E-state index in [9.17, 15) is 23.1 Å². The zero-order chi connectivity index (χ0) is 16.8. The van der Waals surface area contributed by atoms with Crippen LogP contribution in [0.15, 0.2) is 16.3 Å². The van der Waals surface area contributed by atoms with Crippen molar-refractivity contribution in [3.8, 4) is 0 Å². The fourth-order valence-electron chi connectivity index (χ4n) is 3.59. The maximum absolute atomic E-state index is 12.7. The van der Waals surface area contributed by atoms with Gasteiger partial charge in [-0.1, -0.05) is 6.42 Å². The van der Waals surface area contributed by atoms with Crippen LogP contribution in [-0.2, 0) is 19.6 Å². The predicted octanol–water partition coefficient (Wildman–Crippen LogP) is 1.41. The molecular formula is C14H17NO6S2. The normalized spacial score (nSPS) is 27.8. The van der Waals surface area contributed by atoms with Gasteiger partial charge in [-0.25, -0.2) is 13.2 Å². The van der Waals surface area contributed by atoms with Gasteiger partial charge >= 0.3 is 11.9 Å². The number of hydrogen-bond acceptors (Lipinski definition) is 6. The second kappa shape index (κ2) is 5.57. The number of nitrogens with zero attached hydrogens (tertiary/aromatic N) is 1. The highest BCUT2D eigenvalue weighted by Gasteiger charge is 2.57. The van der Waals surface area contributed by atoms with Gasteiger partial charge in [0.2, 0.25) is 10.0 Å². The van der Waals surface area contributed by atoms with Crippen molar-refractivity contribution in [2.45, 2.75) is 24.2 Å². The molecular weight excluding hydrogens is 342 g/mol. The standard InChI is InChI=1S/C14H17NO6S2/c1-21-12(16)11-5-10(7-22-11)23(19,20)15-6-9-3-2-4-14(9,8-15)13(17)18/h5,7,9H,2-4,6,8H2,1H3,(H,17,18)/t9-,14+/m0/s1. The van der Waals surface area contributed by atoms with E-state index in [1.807, 2.05) is 0 Å². The van der Waals surface area contributed by atoms with Crippen LogP contribution in [0.25, 0.3) is 0 Å². The number of rotatable bonds is 4. The lowest BCUT2D eigenvalue weighted by Crippen LogP contribution is -2.37. The minimum atomic E-state index is -3.80. The van der Waals surface area contributed by atoms with Crippen molar-refractivity contribution in [1.29, 1.82) is 0 Å². The van der Waals surface area contributed by atoms with Gasteiger partial charge < -0.3 is 9.84 Å². The van der Waals surface area contributed by atoms with E-state index in [2.05, 4.69) is 4.74 Å². The molecule has 0 radical (unpaired) electrons. The van der Waals surface area contributed by atoms with Crippen molar-refractivity contribution in [1.82, 2.24) is 4.31 Å². The minimum absolute atomic E-state index is 0.00125. The molecule has 9 heteroatoms. The second-order valence-corrected chi connectivity index (χ2v) is 8.84. The number of thiophene rings is 1. The van der Waals surface area contributed by atoms with E-state index in [0.29, 0.717) is 6.42 Å². The van der Waals surface area contributed by atoms with Gasteiger partial charge in [0.15, 0.2) is 0 Å². The monoisotopic (exact) mass is 359 g/mol. The first-order chi connectivity index (χ1) is 10.8. The Morgan fingerprint density at radius 3 is 2.83 bits per heavy atom. The van der Waals surface area contributed by atoms with E-state index in [0.717, 1.165) is 24.2 Å². The molecule has 1 aliphatic carbocycles. The number of carbonyl (C=O) groups is 2. The fraction of sp³-hybridized carbons (Fsp3) is 0.571. The Bertz CT molecular complexity index is 755. The molecule has 23 heavy (non-hydrogen) atoms. The van der Waals surface area contributed by atoms with Crippen molar-refractivity contribution >= 4 is 33.3 Å². The Balaban J connectivity index is 1.88. The molecule has 2 aliphatic rings. The summed E-state index contributed by atoms with van der Waals surface area (Å²) in [7, 11) is -2.57. The summed E-state index contributed by atoms with van der Waals surface area (Å²) in [5.41, 5.74) is -0.964. The summed E-state index contributed by atoms with van der Waals surface area (Å²) in [5, 5.41) is 10.9. The Labute approximate surface area is 137 Å². The van der Waals surface area contributed by atoms with Gasteiger partial charge in [0, 0.05) is 18.5 Å². The molecule has 1 aliphatic heterocycles. The molecule has 0 amide bonds. The molecule has 3 rings (SSSR count). The van der Waals surface area contributed by atoms with Gasteiger partial charge in [-0.2, -0.15) is 4.31 Å². The number of esters is 1. The maximum Gasteiger partial charge on any atom is 0.348 e. The van der Waals surface area contributed by atoms with Gasteiger partial charge in [0.25, 0.3) is 0 Å². The van der Waals surface area contributed by atoms with E-state index in [1.54, 1.807) is 0 Å². The Kier molecular flexibility index (Phi) is 3.97. The molecule has 0 unspecified atom stereocenters. The van der Waals surface area contributed by atoms with Crippen LogP contribution < -0.4 is 0 Å². The summed E-state index contributed by atoms with van der Waals surface area (Å²) >= 11 is 0.998. The number of hydrogen-bond donors (Lipinski definition) is 1. The smallest absolute Gasteiger partial charge is 0.348 e. The summed E-state index contributed by atoms with van der Waals surface area (Å²) in [6.45, 7) is 0.219. The van der Waals surface area contributed by atoms with Crippen molar-refractivity contribution < 1.29 is 27.9 Å². The number of aliphatic carboxylic acids is 1. The van der Waals surface area contributed by atoms with Crippen molar-refractivity contribution in [3.63, 3.8) is 0 Å². The van der Waals surface area contributed by atoms with E-state index >= 15 is 0 Å². The molecule has 0 spiro atoms. The average molecular weight is 359 g/mol. The first-order valence-corrected chi connectivity index (χ1v) is 9.53. The maximum atomic E-state index is 12.7. The summed E-state index contributed by atoms with van der Waals surface area (Å²) in [6.07, 6.45) is 2.06. The molecule has 0 aromatic carbocycles. The number of ether oxygens (including phenoxy) is 1. The summed E-state index contributed by atoms with van der Waals surface area (Å²) in [5.74, 6) is -1.65. The number of carboxylic acids is 1. The molecule has 2 atom stereocenters. The predicted molar refractivity (Wildman–Crippen MR) is 81.8 cm³/mol. The first kappa shape index (κ1) is 16.4. The van der Waals surface area contributed by atoms with Gasteiger partial charge in [-0.05, 0) is 24.8 Å². The second-order valence-electron chi connectivity index (χ2n) is 5.99. The highest BCUT2D eigenvalue weighted by Crippen LogP contribution is 2.50. The number of methoxy groups -OCH3 is 1. The SMILES string of the molecule is COC(=O)c1cc(S(=O)(=O)N2C[C@@H]3CCC[C@@]3(C(=O)O)C2)cs1. The van der Waals surface area contributed by atoms with Crippen LogP contribution in [-0.4, -0.2) is 50.0 Å². The molecule has 1 N–H and O–H groups in total. The van der Waals surface area contributed by atoms with E-state index in [4.69, 9.17) is 0 Å². The zero-order valence-corrected chi connectivity index (χ0v) is 14.2. The molecule has 2 heterocycles. The largest absolute Gasteiger partial charge is 0.481 e. The quantitative estimate of drug-likeness (QED) is 0.816.